The molecule has 2 amide bonds. The van der Waals surface area contributed by atoms with Crippen LogP contribution < -0.4 is 5.32 Å². The van der Waals surface area contributed by atoms with Crippen LogP contribution in [-0.4, -0.2) is 40.6 Å². The lowest BCUT2D eigenvalue weighted by molar-refractivity contribution is -0.129. The Morgan fingerprint density at radius 1 is 1.36 bits per heavy atom. The van der Waals surface area contributed by atoms with Crippen LogP contribution in [-0.2, 0) is 17.8 Å². The molecule has 0 unspecified atom stereocenters. The van der Waals surface area contributed by atoms with Crippen LogP contribution in [0.5, 0.6) is 0 Å². The van der Waals surface area contributed by atoms with E-state index in [2.05, 4.69) is 10.4 Å². The van der Waals surface area contributed by atoms with Crippen molar-refractivity contribution in [2.24, 2.45) is 0 Å². The molecule has 0 fully saturated rings. The van der Waals surface area contributed by atoms with Crippen LogP contribution in [0.4, 0.5) is 4.39 Å². The highest BCUT2D eigenvalue weighted by Crippen LogP contribution is 2.29. The Bertz CT molecular complexity index is 800. The van der Waals surface area contributed by atoms with Crippen molar-refractivity contribution in [2.45, 2.75) is 31.8 Å². The zero-order chi connectivity index (χ0) is 18.0. The third kappa shape index (κ3) is 3.70. The molecule has 0 spiro atoms. The molecule has 1 atom stereocenters. The minimum absolute atomic E-state index is 0.0249. The second kappa shape index (κ2) is 7.04. The molecule has 0 bridgehead atoms. The molecule has 0 radical (unpaired) electrons. The number of halogens is 1. The van der Waals surface area contributed by atoms with E-state index >= 15 is 0 Å². The minimum atomic E-state index is -0.543. The predicted molar refractivity (Wildman–Crippen MR) is 90.5 cm³/mol. The number of nitrogens with one attached hydrogen (secondary N) is 1. The summed E-state index contributed by atoms with van der Waals surface area (Å²) in [5.41, 5.74) is 1.82. The number of carbonyl (C=O) groups excluding carboxylic acids is 2. The van der Waals surface area contributed by atoms with Crippen molar-refractivity contribution in [1.82, 2.24) is 20.0 Å². The first-order chi connectivity index (χ1) is 12.0. The van der Waals surface area contributed by atoms with E-state index in [0.29, 0.717) is 0 Å². The Balaban J connectivity index is 1.77. The molecule has 132 valence electrons. The van der Waals surface area contributed by atoms with Gasteiger partial charge in [-0.3, -0.25) is 14.3 Å². The molecule has 1 aliphatic rings. The summed E-state index contributed by atoms with van der Waals surface area (Å²) < 4.78 is 15.4. The van der Waals surface area contributed by atoms with Crippen LogP contribution >= 0.6 is 0 Å². The molecular weight excluding hydrogens is 323 g/mol. The van der Waals surface area contributed by atoms with E-state index in [1.165, 1.54) is 17.0 Å². The van der Waals surface area contributed by atoms with Gasteiger partial charge >= 0.3 is 0 Å². The van der Waals surface area contributed by atoms with Crippen molar-refractivity contribution in [3.8, 4) is 0 Å². The Labute approximate surface area is 145 Å². The fourth-order valence-corrected chi connectivity index (χ4v) is 2.98. The molecule has 1 aromatic carbocycles. The van der Waals surface area contributed by atoms with E-state index in [4.69, 9.17) is 0 Å². The third-order valence-corrected chi connectivity index (χ3v) is 4.36. The molecule has 0 saturated carbocycles. The van der Waals surface area contributed by atoms with Gasteiger partial charge in [0.1, 0.15) is 12.4 Å². The van der Waals surface area contributed by atoms with Gasteiger partial charge in [-0.25, -0.2) is 4.39 Å². The number of aromatic nitrogens is 2. The van der Waals surface area contributed by atoms with Gasteiger partial charge in [0, 0.05) is 20.3 Å². The molecule has 1 heterocycles. The van der Waals surface area contributed by atoms with E-state index in [-0.39, 0.29) is 24.1 Å². The van der Waals surface area contributed by atoms with Crippen LogP contribution in [0.2, 0.25) is 0 Å². The molecule has 1 N–H and O–H groups in total. The largest absolute Gasteiger partial charge is 0.347 e. The van der Waals surface area contributed by atoms with Gasteiger partial charge in [0.05, 0.1) is 17.3 Å². The number of hydrogen-bond acceptors (Lipinski definition) is 3. The lowest BCUT2D eigenvalue weighted by Crippen LogP contribution is -2.31. The summed E-state index contributed by atoms with van der Waals surface area (Å²) in [6.07, 6.45) is 4.37. The number of benzene rings is 1. The van der Waals surface area contributed by atoms with Gasteiger partial charge in [0.15, 0.2) is 0 Å². The van der Waals surface area contributed by atoms with Crippen molar-refractivity contribution in [1.29, 1.82) is 0 Å². The zero-order valence-corrected chi connectivity index (χ0v) is 14.3. The SMILES string of the molecule is CN(C)C(=O)Cn1cc2c(n1)[C@@H](NC(=O)c1ccccc1F)CCC2. The quantitative estimate of drug-likeness (QED) is 0.921. The van der Waals surface area contributed by atoms with Crippen LogP contribution in [0.15, 0.2) is 30.5 Å². The molecule has 0 aliphatic heterocycles. The number of fused-ring (bicyclic) bond motifs is 1. The van der Waals surface area contributed by atoms with E-state index in [1.807, 2.05) is 6.20 Å². The first-order valence-electron chi connectivity index (χ1n) is 8.27. The second-order valence-corrected chi connectivity index (χ2v) is 6.42. The average molecular weight is 344 g/mol. The summed E-state index contributed by atoms with van der Waals surface area (Å²) in [6.45, 7) is 0.161. The topological polar surface area (TPSA) is 67.2 Å². The fraction of sp³-hybridized carbons (Fsp3) is 0.389. The Morgan fingerprint density at radius 3 is 2.84 bits per heavy atom. The predicted octanol–water partition coefficient (Wildman–Crippen LogP) is 1.92. The summed E-state index contributed by atoms with van der Waals surface area (Å²) in [5, 5.41) is 7.36. The molecule has 2 aromatic rings. The number of aryl methyl sites for hydroxylation is 1. The molecule has 0 saturated heterocycles. The van der Waals surface area contributed by atoms with Crippen LogP contribution in [0.1, 0.15) is 40.5 Å². The maximum absolute atomic E-state index is 13.8. The number of rotatable bonds is 4. The molecular formula is C18H21FN4O2. The first kappa shape index (κ1) is 17.1. The first-order valence-corrected chi connectivity index (χ1v) is 8.27. The maximum Gasteiger partial charge on any atom is 0.254 e. The van der Waals surface area contributed by atoms with Crippen molar-refractivity contribution in [3.05, 3.63) is 53.1 Å². The Kier molecular flexibility index (Phi) is 4.83. The highest BCUT2D eigenvalue weighted by atomic mass is 19.1. The van der Waals surface area contributed by atoms with E-state index in [0.717, 1.165) is 30.5 Å². The van der Waals surface area contributed by atoms with Gasteiger partial charge in [0.25, 0.3) is 5.91 Å². The van der Waals surface area contributed by atoms with Crippen molar-refractivity contribution < 1.29 is 14.0 Å². The summed E-state index contributed by atoms with van der Waals surface area (Å²) in [7, 11) is 3.40. The van der Waals surface area contributed by atoms with Crippen molar-refractivity contribution in [2.75, 3.05) is 14.1 Å². The van der Waals surface area contributed by atoms with Gasteiger partial charge in [0.2, 0.25) is 5.91 Å². The highest BCUT2D eigenvalue weighted by molar-refractivity contribution is 5.94. The van der Waals surface area contributed by atoms with Crippen molar-refractivity contribution >= 4 is 11.8 Å². The number of likely N-dealkylation sites (N-methyl/N-ethyl adjacent to an activating group) is 1. The standard InChI is InChI=1S/C18H21FN4O2/c1-22(2)16(24)11-23-10-12-6-5-9-15(17(12)21-23)20-18(25)13-7-3-4-8-14(13)19/h3-4,7-8,10,15H,5-6,9,11H2,1-2H3,(H,20,25)/t15-/m0/s1. The summed E-state index contributed by atoms with van der Waals surface area (Å²) in [6, 6.07) is 5.64. The monoisotopic (exact) mass is 344 g/mol. The number of nitrogens with zero attached hydrogens (tertiary/aromatic N) is 3. The lowest BCUT2D eigenvalue weighted by Gasteiger charge is -2.22. The molecule has 25 heavy (non-hydrogen) atoms. The number of carbonyl (C=O) groups is 2. The molecule has 6 nitrogen and oxygen atoms in total. The van der Waals surface area contributed by atoms with Gasteiger partial charge in [-0.1, -0.05) is 12.1 Å². The van der Waals surface area contributed by atoms with E-state index < -0.39 is 11.7 Å². The normalized spacial score (nSPS) is 16.2. The van der Waals surface area contributed by atoms with Crippen LogP contribution in [0.25, 0.3) is 0 Å². The Morgan fingerprint density at radius 2 is 2.12 bits per heavy atom. The average Bonchev–Trinajstić information content (AvgIpc) is 2.98. The highest BCUT2D eigenvalue weighted by Gasteiger charge is 2.26. The van der Waals surface area contributed by atoms with Gasteiger partial charge < -0.3 is 10.2 Å². The van der Waals surface area contributed by atoms with Crippen LogP contribution in [0.3, 0.4) is 0 Å². The Hall–Kier alpha value is -2.70. The van der Waals surface area contributed by atoms with Gasteiger partial charge in [-0.2, -0.15) is 5.10 Å². The third-order valence-electron chi connectivity index (χ3n) is 4.36. The fourth-order valence-electron chi connectivity index (χ4n) is 2.98. The summed E-state index contributed by atoms with van der Waals surface area (Å²) in [4.78, 5) is 25.7. The van der Waals surface area contributed by atoms with Gasteiger partial charge in [-0.15, -0.1) is 0 Å². The maximum atomic E-state index is 13.8. The summed E-state index contributed by atoms with van der Waals surface area (Å²) >= 11 is 0. The van der Waals surface area contributed by atoms with Gasteiger partial charge in [-0.05, 0) is 37.0 Å². The summed E-state index contributed by atoms with van der Waals surface area (Å²) in [5.74, 6) is -1.04. The smallest absolute Gasteiger partial charge is 0.254 e. The molecule has 7 heteroatoms. The second-order valence-electron chi connectivity index (χ2n) is 6.42. The number of hydrogen-bond donors (Lipinski definition) is 1. The molecule has 3 rings (SSSR count). The number of amides is 2. The van der Waals surface area contributed by atoms with Crippen molar-refractivity contribution in [3.63, 3.8) is 0 Å². The molecule has 1 aromatic heterocycles. The zero-order valence-electron chi connectivity index (χ0n) is 14.3. The lowest BCUT2D eigenvalue weighted by atomic mass is 9.93. The van der Waals surface area contributed by atoms with E-state index in [9.17, 15) is 14.0 Å². The van der Waals surface area contributed by atoms with E-state index in [1.54, 1.807) is 30.9 Å². The molecule has 1 aliphatic carbocycles. The van der Waals surface area contributed by atoms with Crippen LogP contribution in [0, 0.1) is 5.82 Å². The minimum Gasteiger partial charge on any atom is -0.347 e.